The van der Waals surface area contributed by atoms with E-state index in [0.29, 0.717) is 5.15 Å². The van der Waals surface area contributed by atoms with E-state index in [1.54, 1.807) is 12.3 Å². The van der Waals surface area contributed by atoms with Gasteiger partial charge in [0, 0.05) is 5.69 Å². The Morgan fingerprint density at radius 2 is 1.71 bits per heavy atom. The molecule has 1 N–H and O–H groups in total. The van der Waals surface area contributed by atoms with Crippen molar-refractivity contribution in [2.75, 3.05) is 5.32 Å². The SMILES string of the molecule is Clc1ccc(Nc2ccccc2)cn1. The first-order valence-corrected chi connectivity index (χ1v) is 4.66. The minimum absolute atomic E-state index is 0.503. The largest absolute Gasteiger partial charge is 0.354 e. The van der Waals surface area contributed by atoms with E-state index in [0.717, 1.165) is 11.4 Å². The summed E-state index contributed by atoms with van der Waals surface area (Å²) < 4.78 is 0. The van der Waals surface area contributed by atoms with E-state index in [1.165, 1.54) is 0 Å². The standard InChI is InChI=1S/C11H9ClN2/c12-11-7-6-10(8-13-11)14-9-4-2-1-3-5-9/h1-8,14H. The molecule has 0 amide bonds. The molecule has 0 unspecified atom stereocenters. The van der Waals surface area contributed by atoms with E-state index in [4.69, 9.17) is 11.6 Å². The molecule has 0 aliphatic carbocycles. The molecule has 0 saturated heterocycles. The molecule has 0 radical (unpaired) electrons. The first-order valence-electron chi connectivity index (χ1n) is 4.28. The second-order valence-corrected chi connectivity index (χ2v) is 3.25. The van der Waals surface area contributed by atoms with Gasteiger partial charge in [-0.15, -0.1) is 0 Å². The van der Waals surface area contributed by atoms with Crippen LogP contribution in [0.15, 0.2) is 48.7 Å². The first-order chi connectivity index (χ1) is 6.84. The summed E-state index contributed by atoms with van der Waals surface area (Å²) in [6.45, 7) is 0. The van der Waals surface area contributed by atoms with Crippen LogP contribution in [0.1, 0.15) is 0 Å². The Labute approximate surface area is 87.6 Å². The third kappa shape index (κ3) is 2.24. The summed E-state index contributed by atoms with van der Waals surface area (Å²) in [6, 6.07) is 13.6. The summed E-state index contributed by atoms with van der Waals surface area (Å²) in [5.41, 5.74) is 1.97. The molecule has 1 heterocycles. The maximum atomic E-state index is 5.68. The van der Waals surface area contributed by atoms with Crippen LogP contribution in [0.25, 0.3) is 0 Å². The number of halogens is 1. The van der Waals surface area contributed by atoms with E-state index in [9.17, 15) is 0 Å². The molecule has 0 bridgehead atoms. The number of aromatic nitrogens is 1. The Morgan fingerprint density at radius 1 is 0.929 bits per heavy atom. The Balaban J connectivity index is 2.16. The predicted molar refractivity (Wildman–Crippen MR) is 59.0 cm³/mol. The van der Waals surface area contributed by atoms with Gasteiger partial charge in [0.05, 0.1) is 11.9 Å². The molecule has 0 atom stereocenters. The third-order valence-corrected chi connectivity index (χ3v) is 2.01. The van der Waals surface area contributed by atoms with Gasteiger partial charge in [0.1, 0.15) is 5.15 Å². The van der Waals surface area contributed by atoms with Crippen LogP contribution >= 0.6 is 11.6 Å². The van der Waals surface area contributed by atoms with E-state index >= 15 is 0 Å². The normalized spacial score (nSPS) is 9.79. The molecular formula is C11H9ClN2. The average Bonchev–Trinajstić information content (AvgIpc) is 2.23. The fourth-order valence-corrected chi connectivity index (χ4v) is 1.25. The molecule has 2 nitrogen and oxygen atoms in total. The van der Waals surface area contributed by atoms with Crippen LogP contribution in [0.3, 0.4) is 0 Å². The summed E-state index contributed by atoms with van der Waals surface area (Å²) in [7, 11) is 0. The molecule has 1 aromatic heterocycles. The predicted octanol–water partition coefficient (Wildman–Crippen LogP) is 3.48. The van der Waals surface area contributed by atoms with E-state index in [-0.39, 0.29) is 0 Å². The van der Waals surface area contributed by atoms with E-state index in [2.05, 4.69) is 10.3 Å². The molecule has 0 aliphatic heterocycles. The fourth-order valence-electron chi connectivity index (χ4n) is 1.14. The maximum Gasteiger partial charge on any atom is 0.129 e. The van der Waals surface area contributed by atoms with Crippen LogP contribution in [-0.4, -0.2) is 4.98 Å². The van der Waals surface area contributed by atoms with Crippen LogP contribution < -0.4 is 5.32 Å². The molecule has 14 heavy (non-hydrogen) atoms. The third-order valence-electron chi connectivity index (χ3n) is 1.79. The van der Waals surface area contributed by atoms with Gasteiger partial charge in [-0.25, -0.2) is 4.98 Å². The fraction of sp³-hybridized carbons (Fsp3) is 0. The lowest BCUT2D eigenvalue weighted by Crippen LogP contribution is -1.89. The number of anilines is 2. The van der Waals surface area contributed by atoms with Gasteiger partial charge >= 0.3 is 0 Å². The number of nitrogens with zero attached hydrogens (tertiary/aromatic N) is 1. The molecule has 70 valence electrons. The summed E-state index contributed by atoms with van der Waals surface area (Å²) in [5, 5.41) is 3.71. The Kier molecular flexibility index (Phi) is 2.65. The highest BCUT2D eigenvalue weighted by Gasteiger charge is 1.93. The van der Waals surface area contributed by atoms with Crippen molar-refractivity contribution in [3.05, 3.63) is 53.8 Å². The molecule has 3 heteroatoms. The molecular weight excluding hydrogens is 196 g/mol. The van der Waals surface area contributed by atoms with Gasteiger partial charge in [-0.2, -0.15) is 0 Å². The van der Waals surface area contributed by atoms with Crippen molar-refractivity contribution in [3.8, 4) is 0 Å². The van der Waals surface area contributed by atoms with Crippen LogP contribution in [0.5, 0.6) is 0 Å². The zero-order valence-electron chi connectivity index (χ0n) is 7.44. The van der Waals surface area contributed by atoms with Crippen LogP contribution in [0.4, 0.5) is 11.4 Å². The first kappa shape index (κ1) is 9.03. The van der Waals surface area contributed by atoms with Crippen molar-refractivity contribution in [3.63, 3.8) is 0 Å². The van der Waals surface area contributed by atoms with E-state index < -0.39 is 0 Å². The monoisotopic (exact) mass is 204 g/mol. The number of hydrogen-bond donors (Lipinski definition) is 1. The van der Waals surface area contributed by atoms with Crippen molar-refractivity contribution >= 4 is 23.0 Å². The van der Waals surface area contributed by atoms with Gasteiger partial charge in [-0.3, -0.25) is 0 Å². The van der Waals surface area contributed by atoms with Gasteiger partial charge in [0.2, 0.25) is 0 Å². The smallest absolute Gasteiger partial charge is 0.129 e. The van der Waals surface area contributed by atoms with Crippen molar-refractivity contribution in [2.45, 2.75) is 0 Å². The lowest BCUT2D eigenvalue weighted by molar-refractivity contribution is 1.32. The molecule has 0 spiro atoms. The lowest BCUT2D eigenvalue weighted by atomic mass is 10.3. The molecule has 2 rings (SSSR count). The molecule has 0 aliphatic rings. The number of hydrogen-bond acceptors (Lipinski definition) is 2. The number of para-hydroxylation sites is 1. The zero-order valence-corrected chi connectivity index (χ0v) is 8.20. The molecule has 2 aromatic rings. The quantitative estimate of drug-likeness (QED) is 0.758. The van der Waals surface area contributed by atoms with Gasteiger partial charge in [0.25, 0.3) is 0 Å². The second-order valence-electron chi connectivity index (χ2n) is 2.86. The van der Waals surface area contributed by atoms with Crippen LogP contribution in [-0.2, 0) is 0 Å². The van der Waals surface area contributed by atoms with Gasteiger partial charge in [0.15, 0.2) is 0 Å². The van der Waals surface area contributed by atoms with Gasteiger partial charge < -0.3 is 5.32 Å². The molecule has 1 aromatic carbocycles. The number of nitrogens with one attached hydrogen (secondary N) is 1. The van der Waals surface area contributed by atoms with Crippen molar-refractivity contribution in [2.24, 2.45) is 0 Å². The van der Waals surface area contributed by atoms with Crippen molar-refractivity contribution < 1.29 is 0 Å². The highest BCUT2D eigenvalue weighted by molar-refractivity contribution is 6.29. The zero-order chi connectivity index (χ0) is 9.80. The number of rotatable bonds is 2. The Bertz CT molecular complexity index is 397. The van der Waals surface area contributed by atoms with Gasteiger partial charge in [-0.05, 0) is 24.3 Å². The lowest BCUT2D eigenvalue weighted by Gasteiger charge is -2.04. The summed E-state index contributed by atoms with van der Waals surface area (Å²) in [5.74, 6) is 0. The highest BCUT2D eigenvalue weighted by Crippen LogP contribution is 2.16. The second kappa shape index (κ2) is 4.11. The molecule has 0 fully saturated rings. The summed E-state index contributed by atoms with van der Waals surface area (Å²) in [6.07, 6.45) is 1.70. The Morgan fingerprint density at radius 3 is 2.36 bits per heavy atom. The number of benzene rings is 1. The Hall–Kier alpha value is -1.54. The van der Waals surface area contributed by atoms with Crippen LogP contribution in [0.2, 0.25) is 5.15 Å². The highest BCUT2D eigenvalue weighted by atomic mass is 35.5. The topological polar surface area (TPSA) is 24.9 Å². The average molecular weight is 205 g/mol. The molecule has 0 saturated carbocycles. The summed E-state index contributed by atoms with van der Waals surface area (Å²) in [4.78, 5) is 3.98. The number of pyridine rings is 1. The van der Waals surface area contributed by atoms with Crippen molar-refractivity contribution in [1.29, 1.82) is 0 Å². The van der Waals surface area contributed by atoms with Crippen LogP contribution in [0, 0.1) is 0 Å². The van der Waals surface area contributed by atoms with E-state index in [1.807, 2.05) is 36.4 Å². The summed E-state index contributed by atoms with van der Waals surface area (Å²) >= 11 is 5.68. The minimum atomic E-state index is 0.503. The maximum absolute atomic E-state index is 5.68. The van der Waals surface area contributed by atoms with Crippen molar-refractivity contribution in [1.82, 2.24) is 4.98 Å². The minimum Gasteiger partial charge on any atom is -0.354 e. The van der Waals surface area contributed by atoms with Gasteiger partial charge in [-0.1, -0.05) is 29.8 Å².